The van der Waals surface area contributed by atoms with Gasteiger partial charge >= 0.3 is 5.69 Å². The number of aromatic amines is 1. The SMILES string of the molecule is Cc1ccc(S(=O)(=O)NCCNC(=O)C2(NC(=O)Cn3cc(C)c(=O)[nH]c3=O)CCNCC2)cc1. The lowest BCUT2D eigenvalue weighted by Gasteiger charge is -2.37. The summed E-state index contributed by atoms with van der Waals surface area (Å²) in [6, 6.07) is 6.40. The molecule has 1 aromatic carbocycles. The average molecular weight is 507 g/mol. The van der Waals surface area contributed by atoms with Crippen LogP contribution in [0.25, 0.3) is 0 Å². The molecule has 0 spiro atoms. The Morgan fingerprint density at radius 2 is 1.71 bits per heavy atom. The number of rotatable bonds is 9. The van der Waals surface area contributed by atoms with E-state index in [2.05, 4.69) is 25.7 Å². The van der Waals surface area contributed by atoms with Crippen LogP contribution in [0.5, 0.6) is 0 Å². The first-order valence-corrected chi connectivity index (χ1v) is 12.7. The second kappa shape index (κ2) is 11.0. The van der Waals surface area contributed by atoms with Crippen molar-refractivity contribution < 1.29 is 18.0 Å². The normalized spacial score (nSPS) is 15.4. The van der Waals surface area contributed by atoms with Gasteiger partial charge in [-0.15, -0.1) is 0 Å². The Balaban J connectivity index is 1.60. The molecule has 12 nitrogen and oxygen atoms in total. The van der Waals surface area contributed by atoms with E-state index in [-0.39, 0.29) is 30.1 Å². The largest absolute Gasteiger partial charge is 0.353 e. The highest BCUT2D eigenvalue weighted by Gasteiger charge is 2.40. The van der Waals surface area contributed by atoms with Crippen molar-refractivity contribution in [3.05, 3.63) is 62.4 Å². The molecule has 2 amide bonds. The summed E-state index contributed by atoms with van der Waals surface area (Å²) in [6.45, 7) is 3.98. The van der Waals surface area contributed by atoms with Gasteiger partial charge < -0.3 is 16.0 Å². The smallest absolute Gasteiger partial charge is 0.328 e. The van der Waals surface area contributed by atoms with Crippen LogP contribution in [-0.2, 0) is 26.2 Å². The first-order valence-electron chi connectivity index (χ1n) is 11.2. The minimum Gasteiger partial charge on any atom is -0.353 e. The number of hydrogen-bond acceptors (Lipinski definition) is 7. The Bertz CT molecular complexity index is 1290. The fourth-order valence-electron chi connectivity index (χ4n) is 3.79. The molecule has 1 fully saturated rings. The first kappa shape index (κ1) is 26.3. The van der Waals surface area contributed by atoms with Gasteiger partial charge in [0, 0.05) is 24.8 Å². The quantitative estimate of drug-likeness (QED) is 0.257. The van der Waals surface area contributed by atoms with Crippen LogP contribution in [0.15, 0.2) is 44.9 Å². The molecule has 35 heavy (non-hydrogen) atoms. The van der Waals surface area contributed by atoms with E-state index in [1.54, 1.807) is 12.1 Å². The van der Waals surface area contributed by atoms with Gasteiger partial charge in [0.05, 0.1) is 4.90 Å². The zero-order valence-electron chi connectivity index (χ0n) is 19.6. The molecular weight excluding hydrogens is 476 g/mol. The summed E-state index contributed by atoms with van der Waals surface area (Å²) in [5.41, 5.74) is -1.25. The number of nitrogens with zero attached hydrogens (tertiary/aromatic N) is 1. The van der Waals surface area contributed by atoms with Crippen LogP contribution >= 0.6 is 0 Å². The average Bonchev–Trinajstić information content (AvgIpc) is 2.81. The van der Waals surface area contributed by atoms with Crippen molar-refractivity contribution in [2.45, 2.75) is 43.7 Å². The molecular formula is C22H30N6O6S. The fraction of sp³-hybridized carbons (Fsp3) is 0.455. The van der Waals surface area contributed by atoms with Gasteiger partial charge in [-0.25, -0.2) is 17.9 Å². The molecule has 2 aromatic rings. The Kier molecular flexibility index (Phi) is 8.25. The predicted molar refractivity (Wildman–Crippen MR) is 128 cm³/mol. The maximum atomic E-state index is 13.1. The number of hydrogen-bond donors (Lipinski definition) is 5. The van der Waals surface area contributed by atoms with Crippen molar-refractivity contribution in [1.29, 1.82) is 0 Å². The highest BCUT2D eigenvalue weighted by molar-refractivity contribution is 7.89. The fourth-order valence-corrected chi connectivity index (χ4v) is 4.82. The van der Waals surface area contributed by atoms with Crippen molar-refractivity contribution >= 4 is 21.8 Å². The molecule has 1 aromatic heterocycles. The van der Waals surface area contributed by atoms with E-state index < -0.39 is 38.6 Å². The number of piperidine rings is 1. The maximum absolute atomic E-state index is 13.1. The molecule has 0 saturated carbocycles. The lowest BCUT2D eigenvalue weighted by Crippen LogP contribution is -2.63. The van der Waals surface area contributed by atoms with Crippen LogP contribution in [0.2, 0.25) is 0 Å². The summed E-state index contributed by atoms with van der Waals surface area (Å²) in [6.07, 6.45) is 1.93. The van der Waals surface area contributed by atoms with E-state index in [4.69, 9.17) is 0 Å². The van der Waals surface area contributed by atoms with Crippen LogP contribution in [0.3, 0.4) is 0 Å². The second-order valence-electron chi connectivity index (χ2n) is 8.55. The molecule has 2 heterocycles. The van der Waals surface area contributed by atoms with E-state index >= 15 is 0 Å². The first-order chi connectivity index (χ1) is 16.5. The molecule has 0 radical (unpaired) electrons. The summed E-state index contributed by atoms with van der Waals surface area (Å²) in [4.78, 5) is 51.6. The van der Waals surface area contributed by atoms with E-state index in [1.165, 1.54) is 25.3 Å². The number of nitrogens with one attached hydrogen (secondary N) is 5. The van der Waals surface area contributed by atoms with Gasteiger partial charge in [-0.3, -0.25) is 23.9 Å². The highest BCUT2D eigenvalue weighted by atomic mass is 32.2. The van der Waals surface area contributed by atoms with Gasteiger partial charge in [-0.1, -0.05) is 17.7 Å². The predicted octanol–water partition coefficient (Wildman–Crippen LogP) is -1.51. The Morgan fingerprint density at radius 3 is 2.37 bits per heavy atom. The van der Waals surface area contributed by atoms with Gasteiger partial charge in [0.2, 0.25) is 21.8 Å². The molecule has 190 valence electrons. The van der Waals surface area contributed by atoms with Crippen LogP contribution in [-0.4, -0.2) is 61.5 Å². The summed E-state index contributed by atoms with van der Waals surface area (Å²) >= 11 is 0. The standard InChI is InChI=1S/C22H30N6O6S/c1-15-3-5-17(6-4-15)35(33,34)25-12-11-24-20(31)22(7-9-23-10-8-22)27-18(29)14-28-13-16(2)19(30)26-21(28)32/h3-6,13,23,25H,7-12,14H2,1-2H3,(H,24,31)(H,27,29)(H,26,30,32). The Morgan fingerprint density at radius 1 is 1.06 bits per heavy atom. The van der Waals surface area contributed by atoms with Gasteiger partial charge in [0.25, 0.3) is 5.56 Å². The topological polar surface area (TPSA) is 171 Å². The third kappa shape index (κ3) is 6.65. The lowest BCUT2D eigenvalue weighted by atomic mass is 9.87. The maximum Gasteiger partial charge on any atom is 0.328 e. The van der Waals surface area contributed by atoms with E-state index in [0.717, 1.165) is 10.1 Å². The number of benzene rings is 1. The molecule has 1 saturated heterocycles. The van der Waals surface area contributed by atoms with Crippen LogP contribution < -0.4 is 31.9 Å². The van der Waals surface area contributed by atoms with Crippen molar-refractivity contribution in [1.82, 2.24) is 30.2 Å². The number of amides is 2. The number of sulfonamides is 1. The molecule has 13 heteroatoms. The number of aromatic nitrogens is 2. The number of aryl methyl sites for hydroxylation is 2. The molecule has 5 N–H and O–H groups in total. The third-order valence-corrected chi connectivity index (χ3v) is 7.28. The Labute approximate surface area is 202 Å². The highest BCUT2D eigenvalue weighted by Crippen LogP contribution is 2.19. The monoisotopic (exact) mass is 506 g/mol. The van der Waals surface area contributed by atoms with Crippen LogP contribution in [0, 0.1) is 13.8 Å². The summed E-state index contributed by atoms with van der Waals surface area (Å²) in [5, 5.41) is 8.58. The second-order valence-corrected chi connectivity index (χ2v) is 10.3. The summed E-state index contributed by atoms with van der Waals surface area (Å²) in [5.74, 6) is -0.998. The molecule has 0 atom stereocenters. The molecule has 0 aliphatic carbocycles. The molecule has 3 rings (SSSR count). The third-order valence-electron chi connectivity index (χ3n) is 5.81. The zero-order valence-corrected chi connectivity index (χ0v) is 20.5. The van der Waals surface area contributed by atoms with Crippen molar-refractivity contribution in [2.75, 3.05) is 26.2 Å². The van der Waals surface area contributed by atoms with Crippen LogP contribution in [0.4, 0.5) is 0 Å². The summed E-state index contributed by atoms with van der Waals surface area (Å²) in [7, 11) is -3.72. The van der Waals surface area contributed by atoms with Gasteiger partial charge in [0.15, 0.2) is 0 Å². The summed E-state index contributed by atoms with van der Waals surface area (Å²) < 4.78 is 28.3. The number of carbonyl (C=O) groups excluding carboxylic acids is 2. The Hall–Kier alpha value is -3.29. The van der Waals surface area contributed by atoms with Gasteiger partial charge in [-0.05, 0) is 51.9 Å². The van der Waals surface area contributed by atoms with Crippen molar-refractivity contribution in [3.63, 3.8) is 0 Å². The number of carbonyl (C=O) groups is 2. The van der Waals surface area contributed by atoms with Crippen molar-refractivity contribution in [3.8, 4) is 0 Å². The van der Waals surface area contributed by atoms with Gasteiger partial charge in [-0.2, -0.15) is 0 Å². The van der Waals surface area contributed by atoms with E-state index in [0.29, 0.717) is 25.9 Å². The molecule has 0 bridgehead atoms. The minimum absolute atomic E-state index is 0.0214. The van der Waals surface area contributed by atoms with Crippen LogP contribution in [0.1, 0.15) is 24.0 Å². The zero-order chi connectivity index (χ0) is 25.6. The molecule has 0 unspecified atom stereocenters. The molecule has 1 aliphatic heterocycles. The number of H-pyrrole nitrogens is 1. The van der Waals surface area contributed by atoms with E-state index in [1.807, 2.05) is 6.92 Å². The van der Waals surface area contributed by atoms with Crippen molar-refractivity contribution in [2.24, 2.45) is 0 Å². The lowest BCUT2D eigenvalue weighted by molar-refractivity contribution is -0.135. The minimum atomic E-state index is -3.72. The van der Waals surface area contributed by atoms with E-state index in [9.17, 15) is 27.6 Å². The molecule has 1 aliphatic rings. The van der Waals surface area contributed by atoms with Gasteiger partial charge in [0.1, 0.15) is 12.1 Å².